The number of benzene rings is 1. The summed E-state index contributed by atoms with van der Waals surface area (Å²) < 4.78 is 0. The van der Waals surface area contributed by atoms with Crippen LogP contribution in [0.15, 0.2) is 24.3 Å². The van der Waals surface area contributed by atoms with Gasteiger partial charge in [-0.05, 0) is 37.1 Å². The Balaban J connectivity index is 1.91. The molecule has 0 saturated carbocycles. The van der Waals surface area contributed by atoms with Gasteiger partial charge < -0.3 is 15.7 Å². The van der Waals surface area contributed by atoms with E-state index in [1.54, 1.807) is 0 Å². The van der Waals surface area contributed by atoms with E-state index in [1.807, 2.05) is 0 Å². The first-order valence-corrected chi connectivity index (χ1v) is 6.44. The van der Waals surface area contributed by atoms with Gasteiger partial charge in [-0.15, -0.1) is 0 Å². The fraction of sp³-hybridized carbons (Fsp3) is 0.308. The molecule has 0 aliphatic carbocycles. The number of hydrogen-bond donors (Lipinski definition) is 4. The van der Waals surface area contributed by atoms with Crippen LogP contribution in [-0.2, 0) is 4.79 Å². The summed E-state index contributed by atoms with van der Waals surface area (Å²) in [5.41, 5.74) is 11.1. The zero-order chi connectivity index (χ0) is 15.4. The Labute approximate surface area is 120 Å². The molecule has 2 rings (SSSR count). The second-order valence-corrected chi connectivity index (χ2v) is 4.69. The van der Waals surface area contributed by atoms with Crippen LogP contribution in [0.2, 0.25) is 0 Å². The van der Waals surface area contributed by atoms with Crippen molar-refractivity contribution in [1.29, 1.82) is 0 Å². The van der Waals surface area contributed by atoms with Crippen molar-refractivity contribution in [3.8, 4) is 0 Å². The molecule has 21 heavy (non-hydrogen) atoms. The second-order valence-electron chi connectivity index (χ2n) is 4.69. The van der Waals surface area contributed by atoms with Gasteiger partial charge >= 0.3 is 12.0 Å². The number of nitrogens with zero attached hydrogens (tertiary/aromatic N) is 1. The quantitative estimate of drug-likeness (QED) is 0.597. The van der Waals surface area contributed by atoms with Crippen LogP contribution in [0.3, 0.4) is 0 Å². The van der Waals surface area contributed by atoms with Crippen LogP contribution >= 0.6 is 0 Å². The average Bonchev–Trinajstić information content (AvgIpc) is 2.95. The van der Waals surface area contributed by atoms with Crippen LogP contribution < -0.4 is 16.6 Å². The third-order valence-corrected chi connectivity index (χ3v) is 3.30. The summed E-state index contributed by atoms with van der Waals surface area (Å²) in [6.45, 7) is 0.473. The average molecular weight is 292 g/mol. The van der Waals surface area contributed by atoms with Gasteiger partial charge in [-0.3, -0.25) is 15.6 Å². The number of nitrogens with two attached hydrogens (primary N) is 1. The van der Waals surface area contributed by atoms with Crippen molar-refractivity contribution < 1.29 is 19.5 Å². The molecule has 0 radical (unpaired) electrons. The normalized spacial score (nSPS) is 17.3. The number of carbonyl (C=O) groups is 3. The molecular formula is C13H16N4O4. The van der Waals surface area contributed by atoms with Gasteiger partial charge in [0.2, 0.25) is 0 Å². The van der Waals surface area contributed by atoms with Gasteiger partial charge in [-0.25, -0.2) is 9.59 Å². The maximum Gasteiger partial charge on any atom is 0.335 e. The Hall–Kier alpha value is -2.77. The molecule has 0 spiro atoms. The Morgan fingerprint density at radius 2 is 1.90 bits per heavy atom. The first kappa shape index (κ1) is 14.6. The number of carbonyl (C=O) groups excluding carboxylic acids is 2. The standard InChI is InChI=1S/C13H16N4O4/c14-13(21)17-7-1-2-10(17)11(18)16-15-9-5-3-8(4-6-9)12(19)20/h3-6,10,15H,1-2,7H2,(H2,14,21)(H,16,18)(H,19,20)/t10-/m0/s1. The number of rotatable bonds is 4. The largest absolute Gasteiger partial charge is 0.478 e. The molecule has 1 atom stereocenters. The van der Waals surface area contributed by atoms with Gasteiger partial charge in [0.25, 0.3) is 5.91 Å². The number of urea groups is 1. The number of hydrogen-bond acceptors (Lipinski definition) is 4. The number of nitrogens with one attached hydrogen (secondary N) is 2. The molecule has 112 valence electrons. The Bertz CT molecular complexity index is 558. The van der Waals surface area contributed by atoms with E-state index in [9.17, 15) is 14.4 Å². The molecule has 8 nitrogen and oxygen atoms in total. The number of carboxylic acids is 1. The number of anilines is 1. The highest BCUT2D eigenvalue weighted by Gasteiger charge is 2.32. The van der Waals surface area contributed by atoms with Crippen molar-refractivity contribution in [1.82, 2.24) is 10.3 Å². The third kappa shape index (κ3) is 3.41. The van der Waals surface area contributed by atoms with Gasteiger partial charge in [-0.1, -0.05) is 0 Å². The number of carboxylic acid groups (broad SMARTS) is 1. The fourth-order valence-corrected chi connectivity index (χ4v) is 2.22. The van der Waals surface area contributed by atoms with Gasteiger partial charge in [0, 0.05) is 6.54 Å². The summed E-state index contributed by atoms with van der Waals surface area (Å²) in [4.78, 5) is 35.2. The van der Waals surface area contributed by atoms with E-state index in [4.69, 9.17) is 10.8 Å². The molecule has 5 N–H and O–H groups in total. The molecule has 1 aliphatic rings. The smallest absolute Gasteiger partial charge is 0.335 e. The Kier molecular flexibility index (Phi) is 4.27. The van der Waals surface area contributed by atoms with Gasteiger partial charge in [0.15, 0.2) is 0 Å². The molecule has 1 aromatic carbocycles. The molecule has 1 aromatic rings. The van der Waals surface area contributed by atoms with E-state index in [0.717, 1.165) is 6.42 Å². The van der Waals surface area contributed by atoms with Crippen molar-refractivity contribution in [2.75, 3.05) is 12.0 Å². The first-order chi connectivity index (χ1) is 9.99. The zero-order valence-electron chi connectivity index (χ0n) is 11.2. The van der Waals surface area contributed by atoms with Crippen molar-refractivity contribution in [3.05, 3.63) is 29.8 Å². The number of hydrazine groups is 1. The highest BCUT2D eigenvalue weighted by molar-refractivity contribution is 5.89. The molecule has 8 heteroatoms. The highest BCUT2D eigenvalue weighted by Crippen LogP contribution is 2.17. The van der Waals surface area contributed by atoms with Crippen molar-refractivity contribution in [2.24, 2.45) is 5.73 Å². The van der Waals surface area contributed by atoms with E-state index in [-0.39, 0.29) is 11.5 Å². The SMILES string of the molecule is NC(=O)N1CCC[C@H]1C(=O)NNc1ccc(C(=O)O)cc1. The molecular weight excluding hydrogens is 276 g/mol. The summed E-state index contributed by atoms with van der Waals surface area (Å²) in [5.74, 6) is -1.37. The molecule has 1 fully saturated rings. The second kappa shape index (κ2) is 6.12. The minimum Gasteiger partial charge on any atom is -0.478 e. The third-order valence-electron chi connectivity index (χ3n) is 3.30. The van der Waals surface area contributed by atoms with Crippen LogP contribution in [0.1, 0.15) is 23.2 Å². The first-order valence-electron chi connectivity index (χ1n) is 6.44. The summed E-state index contributed by atoms with van der Waals surface area (Å²) in [6.07, 6.45) is 1.29. The van der Waals surface area contributed by atoms with E-state index in [0.29, 0.717) is 18.7 Å². The van der Waals surface area contributed by atoms with Gasteiger partial charge in [-0.2, -0.15) is 0 Å². The molecule has 0 bridgehead atoms. The number of amides is 3. The number of aromatic carboxylic acids is 1. The van der Waals surface area contributed by atoms with Gasteiger partial charge in [0.1, 0.15) is 6.04 Å². The molecule has 1 saturated heterocycles. The summed E-state index contributed by atoms with van der Waals surface area (Å²) >= 11 is 0. The molecule has 0 aromatic heterocycles. The van der Waals surface area contributed by atoms with Gasteiger partial charge in [0.05, 0.1) is 11.3 Å². The monoisotopic (exact) mass is 292 g/mol. The predicted octanol–water partition coefficient (Wildman–Crippen LogP) is 0.371. The Morgan fingerprint density at radius 3 is 2.48 bits per heavy atom. The zero-order valence-corrected chi connectivity index (χ0v) is 11.2. The number of likely N-dealkylation sites (tertiary alicyclic amines) is 1. The summed E-state index contributed by atoms with van der Waals surface area (Å²) in [6, 6.07) is 4.71. The van der Waals surface area contributed by atoms with E-state index in [2.05, 4.69) is 10.9 Å². The topological polar surface area (TPSA) is 125 Å². The maximum atomic E-state index is 12.0. The van der Waals surface area contributed by atoms with E-state index in [1.165, 1.54) is 29.2 Å². The maximum absolute atomic E-state index is 12.0. The van der Waals surface area contributed by atoms with Crippen molar-refractivity contribution in [3.63, 3.8) is 0 Å². The van der Waals surface area contributed by atoms with E-state index < -0.39 is 18.0 Å². The lowest BCUT2D eigenvalue weighted by molar-refractivity contribution is -0.124. The van der Waals surface area contributed by atoms with Crippen molar-refractivity contribution >= 4 is 23.6 Å². The number of primary amides is 1. The van der Waals surface area contributed by atoms with Crippen LogP contribution in [-0.4, -0.2) is 40.5 Å². The van der Waals surface area contributed by atoms with Crippen molar-refractivity contribution in [2.45, 2.75) is 18.9 Å². The molecule has 1 aliphatic heterocycles. The Morgan fingerprint density at radius 1 is 1.24 bits per heavy atom. The molecule has 1 heterocycles. The molecule has 0 unspecified atom stereocenters. The van der Waals surface area contributed by atoms with Crippen LogP contribution in [0, 0.1) is 0 Å². The molecule has 3 amide bonds. The minimum atomic E-state index is -1.02. The van der Waals surface area contributed by atoms with E-state index >= 15 is 0 Å². The predicted molar refractivity (Wildman–Crippen MR) is 74.5 cm³/mol. The van der Waals surface area contributed by atoms with Crippen LogP contribution in [0.5, 0.6) is 0 Å². The lowest BCUT2D eigenvalue weighted by atomic mass is 10.2. The van der Waals surface area contributed by atoms with Crippen LogP contribution in [0.4, 0.5) is 10.5 Å². The van der Waals surface area contributed by atoms with Crippen LogP contribution in [0.25, 0.3) is 0 Å². The fourth-order valence-electron chi connectivity index (χ4n) is 2.22. The summed E-state index contributed by atoms with van der Waals surface area (Å²) in [5, 5.41) is 8.78. The summed E-state index contributed by atoms with van der Waals surface area (Å²) in [7, 11) is 0. The lowest BCUT2D eigenvalue weighted by Crippen LogP contribution is -2.49. The highest BCUT2D eigenvalue weighted by atomic mass is 16.4. The lowest BCUT2D eigenvalue weighted by Gasteiger charge is -2.22. The minimum absolute atomic E-state index is 0.155.